The van der Waals surface area contributed by atoms with Gasteiger partial charge in [-0.15, -0.1) is 0 Å². The number of hydrogen-bond acceptors (Lipinski definition) is 0. The second kappa shape index (κ2) is 3.53. The first kappa shape index (κ1) is 8.80. The van der Waals surface area contributed by atoms with Crippen LogP contribution in [0.25, 0.3) is 0 Å². The fourth-order valence-corrected chi connectivity index (χ4v) is 2.45. The van der Waals surface area contributed by atoms with Gasteiger partial charge in [-0.05, 0) is 30.7 Å². The summed E-state index contributed by atoms with van der Waals surface area (Å²) in [5.74, 6) is 1.73. The highest BCUT2D eigenvalue weighted by Crippen LogP contribution is 2.38. The molecule has 1 aliphatic carbocycles. The summed E-state index contributed by atoms with van der Waals surface area (Å²) in [5, 5.41) is 0. The van der Waals surface area contributed by atoms with E-state index in [-0.39, 0.29) is 0 Å². The standard InChI is InChI=1S/C13H18/c1-10-6-8-12(9-7-10)13-5-3-4-11(13)2/h6-9,11,13H,3-5H2,1-2H3. The Morgan fingerprint density at radius 1 is 1.08 bits per heavy atom. The van der Waals surface area contributed by atoms with Crippen molar-refractivity contribution in [1.82, 2.24) is 0 Å². The van der Waals surface area contributed by atoms with Gasteiger partial charge in [0.1, 0.15) is 0 Å². The molecule has 70 valence electrons. The van der Waals surface area contributed by atoms with Gasteiger partial charge in [-0.2, -0.15) is 0 Å². The van der Waals surface area contributed by atoms with Crippen molar-refractivity contribution in [1.29, 1.82) is 0 Å². The van der Waals surface area contributed by atoms with Crippen LogP contribution < -0.4 is 0 Å². The van der Waals surface area contributed by atoms with Crippen molar-refractivity contribution in [2.24, 2.45) is 5.92 Å². The van der Waals surface area contributed by atoms with Crippen molar-refractivity contribution in [3.8, 4) is 0 Å². The number of hydrogen-bond donors (Lipinski definition) is 0. The summed E-state index contributed by atoms with van der Waals surface area (Å²) >= 11 is 0. The molecular formula is C13H18. The van der Waals surface area contributed by atoms with Crippen LogP contribution in [0.15, 0.2) is 24.3 Å². The zero-order chi connectivity index (χ0) is 9.26. The second-order valence-electron chi connectivity index (χ2n) is 4.43. The first-order valence-electron chi connectivity index (χ1n) is 5.34. The van der Waals surface area contributed by atoms with Gasteiger partial charge in [-0.1, -0.05) is 49.6 Å². The van der Waals surface area contributed by atoms with Crippen molar-refractivity contribution in [2.75, 3.05) is 0 Å². The maximum Gasteiger partial charge on any atom is -0.0136 e. The molecule has 0 nitrogen and oxygen atoms in total. The molecule has 1 saturated carbocycles. The van der Waals surface area contributed by atoms with Crippen LogP contribution in [0.3, 0.4) is 0 Å². The summed E-state index contributed by atoms with van der Waals surface area (Å²) < 4.78 is 0. The largest absolute Gasteiger partial charge is 0.0619 e. The second-order valence-corrected chi connectivity index (χ2v) is 4.43. The first-order chi connectivity index (χ1) is 6.27. The third kappa shape index (κ3) is 1.77. The normalized spacial score (nSPS) is 27.8. The molecule has 0 amide bonds. The van der Waals surface area contributed by atoms with Gasteiger partial charge in [-0.3, -0.25) is 0 Å². The molecule has 0 saturated heterocycles. The lowest BCUT2D eigenvalue weighted by atomic mass is 9.90. The highest BCUT2D eigenvalue weighted by molar-refractivity contribution is 5.25. The minimum absolute atomic E-state index is 0.834. The molecule has 0 heterocycles. The zero-order valence-electron chi connectivity index (χ0n) is 8.59. The lowest BCUT2D eigenvalue weighted by Gasteiger charge is -2.15. The zero-order valence-corrected chi connectivity index (χ0v) is 8.59. The van der Waals surface area contributed by atoms with Gasteiger partial charge < -0.3 is 0 Å². The summed E-state index contributed by atoms with van der Waals surface area (Å²) in [5.41, 5.74) is 2.92. The highest BCUT2D eigenvalue weighted by atomic mass is 14.3. The Bertz CT molecular complexity index is 271. The Morgan fingerprint density at radius 2 is 1.77 bits per heavy atom. The van der Waals surface area contributed by atoms with Crippen LogP contribution >= 0.6 is 0 Å². The lowest BCUT2D eigenvalue weighted by molar-refractivity contribution is 0.533. The van der Waals surface area contributed by atoms with Gasteiger partial charge in [0.05, 0.1) is 0 Å². The molecule has 0 aromatic heterocycles. The van der Waals surface area contributed by atoms with Gasteiger partial charge in [0.25, 0.3) is 0 Å². The molecular weight excluding hydrogens is 156 g/mol. The summed E-state index contributed by atoms with van der Waals surface area (Å²) in [4.78, 5) is 0. The van der Waals surface area contributed by atoms with E-state index in [1.54, 1.807) is 5.56 Å². The van der Waals surface area contributed by atoms with Crippen LogP contribution in [0, 0.1) is 12.8 Å². The van der Waals surface area contributed by atoms with Gasteiger partial charge in [0.2, 0.25) is 0 Å². The van der Waals surface area contributed by atoms with E-state index in [2.05, 4.69) is 38.1 Å². The minimum atomic E-state index is 0.834. The summed E-state index contributed by atoms with van der Waals surface area (Å²) in [6.07, 6.45) is 4.22. The molecule has 1 aromatic carbocycles. The molecule has 0 radical (unpaired) electrons. The van der Waals surface area contributed by atoms with Gasteiger partial charge >= 0.3 is 0 Å². The Hall–Kier alpha value is -0.780. The summed E-state index contributed by atoms with van der Waals surface area (Å²) in [6, 6.07) is 9.09. The molecule has 0 N–H and O–H groups in total. The monoisotopic (exact) mass is 174 g/mol. The quantitative estimate of drug-likeness (QED) is 0.605. The van der Waals surface area contributed by atoms with E-state index in [0.717, 1.165) is 11.8 Å². The van der Waals surface area contributed by atoms with Crippen LogP contribution in [0.2, 0.25) is 0 Å². The molecule has 0 bridgehead atoms. The summed E-state index contributed by atoms with van der Waals surface area (Å²) in [6.45, 7) is 4.54. The molecule has 1 fully saturated rings. The molecule has 13 heavy (non-hydrogen) atoms. The summed E-state index contributed by atoms with van der Waals surface area (Å²) in [7, 11) is 0. The van der Waals surface area contributed by atoms with Crippen LogP contribution in [-0.2, 0) is 0 Å². The van der Waals surface area contributed by atoms with E-state index in [0.29, 0.717) is 0 Å². The molecule has 0 aliphatic heterocycles. The first-order valence-corrected chi connectivity index (χ1v) is 5.34. The van der Waals surface area contributed by atoms with Crippen LogP contribution in [-0.4, -0.2) is 0 Å². The lowest BCUT2D eigenvalue weighted by Crippen LogP contribution is -2.01. The molecule has 2 atom stereocenters. The smallest absolute Gasteiger partial charge is 0.0136 e. The van der Waals surface area contributed by atoms with E-state index in [1.807, 2.05) is 0 Å². The Kier molecular flexibility index (Phi) is 2.39. The molecule has 0 spiro atoms. The van der Waals surface area contributed by atoms with Crippen LogP contribution in [0.1, 0.15) is 43.2 Å². The molecule has 1 aliphatic rings. The predicted molar refractivity (Wildman–Crippen MR) is 56.9 cm³/mol. The van der Waals surface area contributed by atoms with Crippen LogP contribution in [0.4, 0.5) is 0 Å². The minimum Gasteiger partial charge on any atom is -0.0619 e. The van der Waals surface area contributed by atoms with Crippen molar-refractivity contribution in [2.45, 2.75) is 39.0 Å². The highest BCUT2D eigenvalue weighted by Gasteiger charge is 2.24. The van der Waals surface area contributed by atoms with E-state index in [9.17, 15) is 0 Å². The Balaban J connectivity index is 2.20. The average Bonchev–Trinajstić information content (AvgIpc) is 2.53. The van der Waals surface area contributed by atoms with Crippen molar-refractivity contribution >= 4 is 0 Å². The van der Waals surface area contributed by atoms with E-state index < -0.39 is 0 Å². The van der Waals surface area contributed by atoms with Crippen LogP contribution in [0.5, 0.6) is 0 Å². The number of benzene rings is 1. The Labute approximate surface area is 81.0 Å². The predicted octanol–water partition coefficient (Wildman–Crippen LogP) is 3.90. The van der Waals surface area contributed by atoms with Gasteiger partial charge in [0.15, 0.2) is 0 Å². The third-order valence-electron chi connectivity index (χ3n) is 3.37. The fraction of sp³-hybridized carbons (Fsp3) is 0.538. The number of rotatable bonds is 1. The molecule has 1 aromatic rings. The van der Waals surface area contributed by atoms with Crippen molar-refractivity contribution < 1.29 is 0 Å². The SMILES string of the molecule is Cc1ccc(C2CCCC2C)cc1. The number of aryl methyl sites for hydroxylation is 1. The van der Waals surface area contributed by atoms with E-state index in [1.165, 1.54) is 24.8 Å². The van der Waals surface area contributed by atoms with Gasteiger partial charge in [0, 0.05) is 0 Å². The van der Waals surface area contributed by atoms with E-state index in [4.69, 9.17) is 0 Å². The van der Waals surface area contributed by atoms with E-state index >= 15 is 0 Å². The third-order valence-corrected chi connectivity index (χ3v) is 3.37. The molecule has 2 rings (SSSR count). The average molecular weight is 174 g/mol. The fourth-order valence-electron chi connectivity index (χ4n) is 2.45. The molecule has 0 heteroatoms. The Morgan fingerprint density at radius 3 is 2.31 bits per heavy atom. The topological polar surface area (TPSA) is 0 Å². The van der Waals surface area contributed by atoms with Crippen molar-refractivity contribution in [3.63, 3.8) is 0 Å². The van der Waals surface area contributed by atoms with Crippen molar-refractivity contribution in [3.05, 3.63) is 35.4 Å². The molecule has 2 unspecified atom stereocenters. The van der Waals surface area contributed by atoms with Gasteiger partial charge in [-0.25, -0.2) is 0 Å². The maximum atomic E-state index is 2.39. The maximum absolute atomic E-state index is 2.39.